The molecule has 0 aliphatic heterocycles. The van der Waals surface area contributed by atoms with Crippen molar-refractivity contribution in [3.05, 3.63) is 29.6 Å². The summed E-state index contributed by atoms with van der Waals surface area (Å²) in [5.41, 5.74) is 0.860. The Hall–Kier alpha value is -2.39. The number of amides is 2. The van der Waals surface area contributed by atoms with E-state index in [4.69, 9.17) is 5.11 Å². The third-order valence-corrected chi connectivity index (χ3v) is 2.59. The number of aliphatic hydroxyl groups excluding tert-OH is 1. The summed E-state index contributed by atoms with van der Waals surface area (Å²) in [7, 11) is 1.55. The van der Waals surface area contributed by atoms with Gasteiger partial charge in [-0.15, -0.1) is 0 Å². The van der Waals surface area contributed by atoms with Crippen LogP contribution in [0.1, 0.15) is 29.4 Å². The van der Waals surface area contributed by atoms with E-state index in [1.54, 1.807) is 19.2 Å². The number of aromatic nitrogens is 1. The van der Waals surface area contributed by atoms with Crippen LogP contribution in [0.3, 0.4) is 0 Å². The van der Waals surface area contributed by atoms with Crippen LogP contribution in [0.25, 0.3) is 0 Å². The van der Waals surface area contributed by atoms with E-state index in [9.17, 15) is 9.59 Å². The molecule has 0 aliphatic rings. The Balaban J connectivity index is 2.63. The molecule has 1 heterocycles. The van der Waals surface area contributed by atoms with Crippen LogP contribution in [0.5, 0.6) is 0 Å². The number of carbonyl (C=O) groups excluding carboxylic acids is 2. The van der Waals surface area contributed by atoms with Gasteiger partial charge in [-0.1, -0.05) is 18.8 Å². The molecular weight excluding hydrogens is 270 g/mol. The summed E-state index contributed by atoms with van der Waals surface area (Å²) in [6.07, 6.45) is 2.31. The van der Waals surface area contributed by atoms with Crippen LogP contribution < -0.4 is 5.32 Å². The third kappa shape index (κ3) is 5.63. The zero-order valence-electron chi connectivity index (χ0n) is 12.2. The average Bonchev–Trinajstić information content (AvgIpc) is 2.50. The SMILES string of the molecule is CCCNC(=O)CN(C)C(=O)c1ccc(C#CCO)cn1. The van der Waals surface area contributed by atoms with Crippen molar-refractivity contribution < 1.29 is 14.7 Å². The second kappa shape index (κ2) is 8.72. The van der Waals surface area contributed by atoms with Gasteiger partial charge in [-0.2, -0.15) is 0 Å². The molecule has 0 spiro atoms. The van der Waals surface area contributed by atoms with Crippen LogP contribution >= 0.6 is 0 Å². The first-order valence-electron chi connectivity index (χ1n) is 6.66. The minimum Gasteiger partial charge on any atom is -0.384 e. The third-order valence-electron chi connectivity index (χ3n) is 2.59. The Morgan fingerprint density at radius 3 is 2.76 bits per heavy atom. The highest BCUT2D eigenvalue weighted by molar-refractivity contribution is 5.94. The van der Waals surface area contributed by atoms with E-state index in [0.717, 1.165) is 6.42 Å². The number of rotatable bonds is 5. The molecule has 2 N–H and O–H groups in total. The van der Waals surface area contributed by atoms with Gasteiger partial charge in [-0.3, -0.25) is 9.59 Å². The van der Waals surface area contributed by atoms with Gasteiger partial charge in [0.15, 0.2) is 0 Å². The first-order chi connectivity index (χ1) is 10.1. The van der Waals surface area contributed by atoms with Crippen molar-refractivity contribution in [2.45, 2.75) is 13.3 Å². The molecular formula is C15H19N3O3. The van der Waals surface area contributed by atoms with Crippen molar-refractivity contribution in [2.75, 3.05) is 26.7 Å². The number of likely N-dealkylation sites (N-methyl/N-ethyl adjacent to an activating group) is 1. The van der Waals surface area contributed by atoms with Crippen molar-refractivity contribution in [1.82, 2.24) is 15.2 Å². The predicted octanol–water partition coefficient (Wildman–Crippen LogP) is 0.0236. The zero-order chi connectivity index (χ0) is 15.7. The molecule has 6 heteroatoms. The Morgan fingerprint density at radius 2 is 2.19 bits per heavy atom. The fraction of sp³-hybridized carbons (Fsp3) is 0.400. The minimum absolute atomic E-state index is 0.00736. The number of pyridine rings is 1. The molecule has 1 aromatic rings. The number of hydrogen-bond donors (Lipinski definition) is 2. The highest BCUT2D eigenvalue weighted by atomic mass is 16.2. The fourth-order valence-corrected chi connectivity index (χ4v) is 1.54. The highest BCUT2D eigenvalue weighted by Gasteiger charge is 2.15. The maximum atomic E-state index is 12.1. The number of aliphatic hydroxyl groups is 1. The fourth-order valence-electron chi connectivity index (χ4n) is 1.54. The summed E-state index contributed by atoms with van der Waals surface area (Å²) in [6.45, 7) is 2.32. The smallest absolute Gasteiger partial charge is 0.272 e. The lowest BCUT2D eigenvalue weighted by molar-refractivity contribution is -0.121. The van der Waals surface area contributed by atoms with Crippen molar-refractivity contribution >= 4 is 11.8 Å². The van der Waals surface area contributed by atoms with Crippen LogP contribution in [0.15, 0.2) is 18.3 Å². The van der Waals surface area contributed by atoms with Crippen LogP contribution in [0.2, 0.25) is 0 Å². The van der Waals surface area contributed by atoms with Gasteiger partial charge in [0, 0.05) is 25.4 Å². The maximum absolute atomic E-state index is 12.1. The standard InChI is InChI=1S/C15H19N3O3/c1-3-8-16-14(20)11-18(2)15(21)13-7-6-12(10-17-13)5-4-9-19/h6-7,10,19H,3,8-9,11H2,1-2H3,(H,16,20). The number of nitrogens with one attached hydrogen (secondary N) is 1. The molecule has 112 valence electrons. The summed E-state index contributed by atoms with van der Waals surface area (Å²) in [6, 6.07) is 3.19. The van der Waals surface area contributed by atoms with E-state index in [-0.39, 0.29) is 30.7 Å². The van der Waals surface area contributed by atoms with Crippen molar-refractivity contribution in [2.24, 2.45) is 0 Å². The van der Waals surface area contributed by atoms with Crippen molar-refractivity contribution in [3.63, 3.8) is 0 Å². The van der Waals surface area contributed by atoms with Crippen LogP contribution in [0, 0.1) is 11.8 Å². The molecule has 0 aliphatic carbocycles. The Labute approximate surface area is 124 Å². The molecule has 21 heavy (non-hydrogen) atoms. The lowest BCUT2D eigenvalue weighted by Crippen LogP contribution is -2.38. The number of carbonyl (C=O) groups is 2. The number of hydrogen-bond acceptors (Lipinski definition) is 4. The predicted molar refractivity (Wildman–Crippen MR) is 78.5 cm³/mol. The first kappa shape index (κ1) is 16.7. The van der Waals surface area contributed by atoms with Gasteiger partial charge in [-0.05, 0) is 18.6 Å². The first-order valence-corrected chi connectivity index (χ1v) is 6.66. The van der Waals surface area contributed by atoms with Gasteiger partial charge in [0.25, 0.3) is 5.91 Å². The Morgan fingerprint density at radius 1 is 1.43 bits per heavy atom. The van der Waals surface area contributed by atoms with E-state index in [1.165, 1.54) is 11.1 Å². The topological polar surface area (TPSA) is 82.5 Å². The lowest BCUT2D eigenvalue weighted by atomic mass is 10.2. The van der Waals surface area contributed by atoms with Crippen LogP contribution in [-0.2, 0) is 4.79 Å². The van der Waals surface area contributed by atoms with Crippen LogP contribution in [-0.4, -0.2) is 53.5 Å². The normalized spacial score (nSPS) is 9.48. The summed E-state index contributed by atoms with van der Waals surface area (Å²) in [5.74, 6) is 4.67. The minimum atomic E-state index is -0.330. The molecule has 0 saturated heterocycles. The summed E-state index contributed by atoms with van der Waals surface area (Å²) < 4.78 is 0. The molecule has 0 unspecified atom stereocenters. The summed E-state index contributed by atoms with van der Waals surface area (Å²) in [4.78, 5) is 29.0. The van der Waals surface area contributed by atoms with Gasteiger partial charge < -0.3 is 15.3 Å². The largest absolute Gasteiger partial charge is 0.384 e. The molecule has 1 rings (SSSR count). The second-order valence-corrected chi connectivity index (χ2v) is 4.40. The van der Waals surface area contributed by atoms with E-state index < -0.39 is 0 Å². The highest BCUT2D eigenvalue weighted by Crippen LogP contribution is 2.02. The molecule has 0 atom stereocenters. The maximum Gasteiger partial charge on any atom is 0.272 e. The lowest BCUT2D eigenvalue weighted by Gasteiger charge is -2.16. The van der Waals surface area contributed by atoms with Gasteiger partial charge in [0.2, 0.25) is 5.91 Å². The van der Waals surface area contributed by atoms with Gasteiger partial charge in [0.1, 0.15) is 12.3 Å². The Bertz CT molecular complexity index is 544. The molecule has 6 nitrogen and oxygen atoms in total. The molecule has 0 bridgehead atoms. The van der Waals surface area contributed by atoms with Gasteiger partial charge in [-0.25, -0.2) is 4.98 Å². The Kier molecular flexibility index (Phi) is 6.92. The molecule has 0 radical (unpaired) electrons. The van der Waals surface area contributed by atoms with Crippen molar-refractivity contribution in [1.29, 1.82) is 0 Å². The van der Waals surface area contributed by atoms with E-state index in [2.05, 4.69) is 22.1 Å². The quantitative estimate of drug-likeness (QED) is 0.749. The summed E-state index contributed by atoms with van der Waals surface area (Å²) in [5, 5.41) is 11.3. The molecule has 0 saturated carbocycles. The average molecular weight is 289 g/mol. The monoisotopic (exact) mass is 289 g/mol. The number of nitrogens with zero attached hydrogens (tertiary/aromatic N) is 2. The van der Waals surface area contributed by atoms with Gasteiger partial charge in [0.05, 0.1) is 6.54 Å². The van der Waals surface area contributed by atoms with E-state index in [1.807, 2.05) is 6.92 Å². The molecule has 1 aromatic heterocycles. The van der Waals surface area contributed by atoms with E-state index in [0.29, 0.717) is 12.1 Å². The van der Waals surface area contributed by atoms with Crippen LogP contribution in [0.4, 0.5) is 0 Å². The van der Waals surface area contributed by atoms with Crippen molar-refractivity contribution in [3.8, 4) is 11.8 Å². The molecule has 0 fully saturated rings. The summed E-state index contributed by atoms with van der Waals surface area (Å²) >= 11 is 0. The zero-order valence-corrected chi connectivity index (χ0v) is 12.2. The van der Waals surface area contributed by atoms with E-state index >= 15 is 0 Å². The molecule has 2 amide bonds. The second-order valence-electron chi connectivity index (χ2n) is 4.40. The molecule has 0 aromatic carbocycles. The van der Waals surface area contributed by atoms with Gasteiger partial charge >= 0.3 is 0 Å².